The van der Waals surface area contributed by atoms with Crippen LogP contribution >= 0.6 is 0 Å². The molecule has 0 spiro atoms. The Morgan fingerprint density at radius 1 is 1.18 bits per heavy atom. The zero-order valence-electron chi connectivity index (χ0n) is 7.72. The molecular weight excluding hydrogens is 136 g/mol. The molecule has 0 heterocycles. The van der Waals surface area contributed by atoms with E-state index in [4.69, 9.17) is 0 Å². The van der Waals surface area contributed by atoms with Crippen molar-refractivity contribution >= 4 is 0 Å². The Kier molecular flexibility index (Phi) is 1.26. The van der Waals surface area contributed by atoms with Gasteiger partial charge in [0.15, 0.2) is 0 Å². The van der Waals surface area contributed by atoms with Gasteiger partial charge in [-0.05, 0) is 43.4 Å². The van der Waals surface area contributed by atoms with Crippen molar-refractivity contribution < 1.29 is 5.11 Å². The molecule has 2 rings (SSSR count). The molecule has 3 atom stereocenters. The van der Waals surface area contributed by atoms with Crippen molar-refractivity contribution in [2.45, 2.75) is 45.6 Å². The second-order valence-corrected chi connectivity index (χ2v) is 5.21. The summed E-state index contributed by atoms with van der Waals surface area (Å²) < 4.78 is 0. The van der Waals surface area contributed by atoms with E-state index in [1.165, 1.54) is 12.8 Å². The lowest BCUT2D eigenvalue weighted by Gasteiger charge is -2.31. The van der Waals surface area contributed by atoms with Crippen molar-refractivity contribution in [2.24, 2.45) is 17.3 Å². The lowest BCUT2D eigenvalue weighted by atomic mass is 9.79. The summed E-state index contributed by atoms with van der Waals surface area (Å²) in [5.74, 6) is 1.34. The van der Waals surface area contributed by atoms with Crippen LogP contribution in [0, 0.1) is 17.3 Å². The van der Waals surface area contributed by atoms with Crippen molar-refractivity contribution in [1.82, 2.24) is 0 Å². The van der Waals surface area contributed by atoms with E-state index in [-0.39, 0.29) is 5.60 Å². The summed E-state index contributed by atoms with van der Waals surface area (Å²) >= 11 is 0. The molecule has 0 aromatic rings. The molecule has 3 unspecified atom stereocenters. The Bertz CT molecular complexity index is 181. The van der Waals surface area contributed by atoms with Gasteiger partial charge in [-0.25, -0.2) is 0 Å². The van der Waals surface area contributed by atoms with E-state index < -0.39 is 0 Å². The standard InChI is InChI=1S/C10H18O/c1-9(2)7-4-5-8(9)10(3,11)6-7/h7-8,11H,4-6H2,1-3H3. The largest absolute Gasteiger partial charge is 0.390 e. The van der Waals surface area contributed by atoms with Gasteiger partial charge in [0.2, 0.25) is 0 Å². The van der Waals surface area contributed by atoms with Crippen LogP contribution in [0.1, 0.15) is 40.0 Å². The van der Waals surface area contributed by atoms with E-state index in [1.54, 1.807) is 0 Å². The first-order valence-electron chi connectivity index (χ1n) is 4.67. The molecule has 64 valence electrons. The van der Waals surface area contributed by atoms with Crippen molar-refractivity contribution in [3.63, 3.8) is 0 Å². The fraction of sp³-hybridized carbons (Fsp3) is 1.00. The molecule has 0 amide bonds. The Morgan fingerprint density at radius 2 is 1.82 bits per heavy atom. The highest BCUT2D eigenvalue weighted by Gasteiger charge is 2.58. The Morgan fingerprint density at radius 3 is 2.00 bits per heavy atom. The lowest BCUT2D eigenvalue weighted by molar-refractivity contribution is -0.00792. The maximum absolute atomic E-state index is 10.0. The smallest absolute Gasteiger partial charge is 0.0655 e. The maximum atomic E-state index is 10.0. The van der Waals surface area contributed by atoms with Crippen LogP contribution in [0.25, 0.3) is 0 Å². The summed E-state index contributed by atoms with van der Waals surface area (Å²) in [6.45, 7) is 6.65. The predicted molar refractivity (Wildman–Crippen MR) is 45.2 cm³/mol. The molecule has 1 nitrogen and oxygen atoms in total. The number of hydrogen-bond donors (Lipinski definition) is 1. The Balaban J connectivity index is 2.33. The number of fused-ring (bicyclic) bond motifs is 2. The fourth-order valence-corrected chi connectivity index (χ4v) is 3.51. The van der Waals surface area contributed by atoms with Crippen LogP contribution in [0.2, 0.25) is 0 Å². The van der Waals surface area contributed by atoms with Gasteiger partial charge in [-0.2, -0.15) is 0 Å². The quantitative estimate of drug-likeness (QED) is 0.567. The first kappa shape index (κ1) is 7.60. The summed E-state index contributed by atoms with van der Waals surface area (Å²) in [7, 11) is 0. The molecule has 0 aliphatic heterocycles. The zero-order valence-corrected chi connectivity index (χ0v) is 7.72. The minimum atomic E-state index is -0.355. The van der Waals surface area contributed by atoms with Crippen LogP contribution in [0.3, 0.4) is 0 Å². The van der Waals surface area contributed by atoms with E-state index >= 15 is 0 Å². The Labute approximate surface area is 68.8 Å². The average Bonchev–Trinajstić information content (AvgIpc) is 2.15. The molecule has 2 fully saturated rings. The third-order valence-electron chi connectivity index (χ3n) is 4.16. The molecule has 0 aromatic carbocycles. The summed E-state index contributed by atoms with van der Waals surface area (Å²) in [6.07, 6.45) is 3.61. The zero-order chi connectivity index (χ0) is 8.28. The van der Waals surface area contributed by atoms with Gasteiger partial charge in [-0.15, -0.1) is 0 Å². The minimum absolute atomic E-state index is 0.355. The van der Waals surface area contributed by atoms with Gasteiger partial charge in [-0.3, -0.25) is 0 Å². The highest BCUT2D eigenvalue weighted by Crippen LogP contribution is 2.61. The molecule has 1 N–H and O–H groups in total. The first-order valence-corrected chi connectivity index (χ1v) is 4.67. The molecular formula is C10H18O. The van der Waals surface area contributed by atoms with Crippen LogP contribution in [0.5, 0.6) is 0 Å². The number of aliphatic hydroxyl groups is 1. The van der Waals surface area contributed by atoms with Crippen LogP contribution in [-0.2, 0) is 0 Å². The summed E-state index contributed by atoms with van der Waals surface area (Å²) in [5.41, 5.74) is 0.0515. The minimum Gasteiger partial charge on any atom is -0.390 e. The van der Waals surface area contributed by atoms with E-state index in [2.05, 4.69) is 13.8 Å². The van der Waals surface area contributed by atoms with Gasteiger partial charge < -0.3 is 5.11 Å². The van der Waals surface area contributed by atoms with Gasteiger partial charge in [0, 0.05) is 0 Å². The van der Waals surface area contributed by atoms with Crippen molar-refractivity contribution in [3.05, 3.63) is 0 Å². The highest BCUT2D eigenvalue weighted by molar-refractivity contribution is 5.08. The van der Waals surface area contributed by atoms with Crippen molar-refractivity contribution in [3.8, 4) is 0 Å². The molecule has 0 aromatic heterocycles. The molecule has 1 heteroatoms. The lowest BCUT2D eigenvalue weighted by Crippen LogP contribution is -2.33. The Hall–Kier alpha value is -0.0400. The van der Waals surface area contributed by atoms with E-state index in [0.717, 1.165) is 12.3 Å². The monoisotopic (exact) mass is 154 g/mol. The molecule has 0 radical (unpaired) electrons. The van der Waals surface area contributed by atoms with Crippen LogP contribution in [0.15, 0.2) is 0 Å². The van der Waals surface area contributed by atoms with Crippen LogP contribution in [0.4, 0.5) is 0 Å². The molecule has 11 heavy (non-hydrogen) atoms. The van der Waals surface area contributed by atoms with Crippen molar-refractivity contribution in [2.75, 3.05) is 0 Å². The predicted octanol–water partition coefficient (Wildman–Crippen LogP) is 2.19. The van der Waals surface area contributed by atoms with Gasteiger partial charge in [-0.1, -0.05) is 13.8 Å². The van der Waals surface area contributed by atoms with Gasteiger partial charge in [0.1, 0.15) is 0 Å². The third-order valence-corrected chi connectivity index (χ3v) is 4.16. The van der Waals surface area contributed by atoms with Crippen LogP contribution in [-0.4, -0.2) is 10.7 Å². The second-order valence-electron chi connectivity index (χ2n) is 5.21. The van der Waals surface area contributed by atoms with Crippen molar-refractivity contribution in [1.29, 1.82) is 0 Å². The number of rotatable bonds is 0. The first-order chi connectivity index (χ1) is 4.94. The van der Waals surface area contributed by atoms with E-state index in [0.29, 0.717) is 11.3 Å². The number of hydrogen-bond acceptors (Lipinski definition) is 1. The SMILES string of the molecule is CC1(O)CC2CCC1C2(C)C. The van der Waals surface area contributed by atoms with Gasteiger partial charge >= 0.3 is 0 Å². The topological polar surface area (TPSA) is 20.2 Å². The highest BCUT2D eigenvalue weighted by atomic mass is 16.3. The van der Waals surface area contributed by atoms with E-state index in [9.17, 15) is 5.11 Å². The molecule has 2 bridgehead atoms. The van der Waals surface area contributed by atoms with Gasteiger partial charge in [0.05, 0.1) is 5.60 Å². The van der Waals surface area contributed by atoms with Crippen LogP contribution < -0.4 is 0 Å². The molecule has 2 aliphatic carbocycles. The second kappa shape index (κ2) is 1.82. The van der Waals surface area contributed by atoms with Gasteiger partial charge in [0.25, 0.3) is 0 Å². The normalized spacial score (nSPS) is 53.5. The van der Waals surface area contributed by atoms with E-state index in [1.807, 2.05) is 6.92 Å². The fourth-order valence-electron chi connectivity index (χ4n) is 3.51. The summed E-state index contributed by atoms with van der Waals surface area (Å²) in [4.78, 5) is 0. The average molecular weight is 154 g/mol. The summed E-state index contributed by atoms with van der Waals surface area (Å²) in [6, 6.07) is 0. The maximum Gasteiger partial charge on any atom is 0.0655 e. The molecule has 2 saturated carbocycles. The summed E-state index contributed by atoms with van der Waals surface area (Å²) in [5, 5.41) is 10.0. The molecule has 2 aliphatic rings. The third kappa shape index (κ3) is 0.807. The molecule has 0 saturated heterocycles.